The molecule has 2 atom stereocenters. The van der Waals surface area contributed by atoms with Crippen LogP contribution < -0.4 is 9.62 Å². The van der Waals surface area contributed by atoms with E-state index in [1.807, 2.05) is 6.92 Å². The van der Waals surface area contributed by atoms with Crippen LogP contribution in [-0.4, -0.2) is 39.6 Å². The van der Waals surface area contributed by atoms with Gasteiger partial charge in [-0.2, -0.15) is 0 Å². The van der Waals surface area contributed by atoms with Gasteiger partial charge in [-0.15, -0.1) is 0 Å². The summed E-state index contributed by atoms with van der Waals surface area (Å²) in [5.41, 5.74) is 2.06. The summed E-state index contributed by atoms with van der Waals surface area (Å²) in [6.45, 7) is 3.14. The van der Waals surface area contributed by atoms with Crippen molar-refractivity contribution in [3.63, 3.8) is 0 Å². The van der Waals surface area contributed by atoms with E-state index in [4.69, 9.17) is 4.74 Å². The second-order valence-electron chi connectivity index (χ2n) is 7.36. The summed E-state index contributed by atoms with van der Waals surface area (Å²) in [4.78, 5) is 12.8. The molecule has 1 saturated heterocycles. The number of anilines is 1. The normalized spacial score (nSPS) is 21.5. The van der Waals surface area contributed by atoms with Crippen molar-refractivity contribution in [1.82, 2.24) is 5.32 Å². The van der Waals surface area contributed by atoms with E-state index in [-0.39, 0.29) is 22.9 Å². The Morgan fingerprint density at radius 1 is 1.21 bits per heavy atom. The number of ether oxygens (including phenoxy) is 1. The van der Waals surface area contributed by atoms with E-state index in [1.54, 1.807) is 48.5 Å². The topological polar surface area (TPSA) is 75.7 Å². The Labute approximate surface area is 165 Å². The highest BCUT2D eigenvalue weighted by Gasteiger charge is 2.36. The minimum absolute atomic E-state index is 0.0879. The van der Waals surface area contributed by atoms with Gasteiger partial charge in [-0.25, -0.2) is 8.42 Å². The number of hydrogen-bond acceptors (Lipinski definition) is 4. The van der Waals surface area contributed by atoms with Crippen molar-refractivity contribution in [2.75, 3.05) is 17.5 Å². The maximum Gasteiger partial charge on any atom is 0.264 e. The van der Waals surface area contributed by atoms with E-state index in [1.165, 1.54) is 4.31 Å². The lowest BCUT2D eigenvalue weighted by molar-refractivity contribution is 0.0857. The molecule has 2 aromatic rings. The van der Waals surface area contributed by atoms with E-state index in [2.05, 4.69) is 5.32 Å². The van der Waals surface area contributed by atoms with Gasteiger partial charge in [-0.1, -0.05) is 18.2 Å². The molecule has 0 bridgehead atoms. The maximum atomic E-state index is 13.1. The fourth-order valence-electron chi connectivity index (χ4n) is 3.93. The van der Waals surface area contributed by atoms with Gasteiger partial charge in [0, 0.05) is 24.8 Å². The van der Waals surface area contributed by atoms with Crippen LogP contribution in [0.2, 0.25) is 0 Å². The number of rotatable bonds is 5. The van der Waals surface area contributed by atoms with Crippen LogP contribution in [0, 0.1) is 0 Å². The van der Waals surface area contributed by atoms with Gasteiger partial charge in [0.15, 0.2) is 0 Å². The summed E-state index contributed by atoms with van der Waals surface area (Å²) in [5.74, 6) is -0.157. The van der Waals surface area contributed by atoms with Crippen LogP contribution in [0.15, 0.2) is 53.4 Å². The Kier molecular flexibility index (Phi) is 5.12. The van der Waals surface area contributed by atoms with E-state index in [0.717, 1.165) is 25.0 Å². The minimum atomic E-state index is -3.64. The number of carbonyl (C=O) groups excluding carboxylic acids is 1. The highest BCUT2D eigenvalue weighted by Crippen LogP contribution is 2.37. The van der Waals surface area contributed by atoms with E-state index >= 15 is 0 Å². The second-order valence-corrected chi connectivity index (χ2v) is 9.17. The molecule has 1 N–H and O–H groups in total. The lowest BCUT2D eigenvalue weighted by Gasteiger charge is -2.24. The molecular weight excluding hydrogens is 376 g/mol. The van der Waals surface area contributed by atoms with Gasteiger partial charge in [0.25, 0.3) is 15.9 Å². The van der Waals surface area contributed by atoms with Gasteiger partial charge in [-0.05, 0) is 62.1 Å². The molecule has 1 fully saturated rings. The molecule has 0 saturated carbocycles. The first-order valence-corrected chi connectivity index (χ1v) is 11.0. The molecule has 2 heterocycles. The fourth-order valence-corrected chi connectivity index (χ4v) is 5.64. The fraction of sp³-hybridized carbons (Fsp3) is 0.381. The second kappa shape index (κ2) is 7.56. The summed E-state index contributed by atoms with van der Waals surface area (Å²) >= 11 is 0. The molecule has 0 spiro atoms. The number of hydrogen-bond donors (Lipinski definition) is 1. The van der Waals surface area contributed by atoms with Crippen LogP contribution in [0.4, 0.5) is 5.69 Å². The number of nitrogens with one attached hydrogen (secondary N) is 1. The lowest BCUT2D eigenvalue weighted by atomic mass is 10.1. The third kappa shape index (κ3) is 3.52. The zero-order valence-corrected chi connectivity index (χ0v) is 16.6. The molecule has 2 aliphatic heterocycles. The summed E-state index contributed by atoms with van der Waals surface area (Å²) in [7, 11) is -3.64. The summed E-state index contributed by atoms with van der Waals surface area (Å²) in [5, 5.41) is 2.91. The third-order valence-electron chi connectivity index (χ3n) is 5.31. The number of sulfonamides is 1. The number of carbonyl (C=O) groups is 1. The summed E-state index contributed by atoms with van der Waals surface area (Å²) < 4.78 is 33.2. The zero-order valence-electron chi connectivity index (χ0n) is 15.8. The summed E-state index contributed by atoms with van der Waals surface area (Å²) in [6, 6.07) is 13.5. The van der Waals surface area contributed by atoms with Crippen LogP contribution in [0.1, 0.15) is 35.7 Å². The van der Waals surface area contributed by atoms with Crippen LogP contribution >= 0.6 is 0 Å². The number of fused-ring (bicyclic) bond motifs is 1. The minimum Gasteiger partial charge on any atom is -0.376 e. The monoisotopic (exact) mass is 400 g/mol. The predicted molar refractivity (Wildman–Crippen MR) is 107 cm³/mol. The smallest absolute Gasteiger partial charge is 0.264 e. The Bertz CT molecular complexity index is 969. The van der Waals surface area contributed by atoms with Gasteiger partial charge in [0.2, 0.25) is 0 Å². The first kappa shape index (κ1) is 19.0. The van der Waals surface area contributed by atoms with Crippen LogP contribution in [0.25, 0.3) is 0 Å². The summed E-state index contributed by atoms with van der Waals surface area (Å²) in [6.07, 6.45) is 2.66. The van der Waals surface area contributed by atoms with Gasteiger partial charge >= 0.3 is 0 Å². The van der Waals surface area contributed by atoms with Crippen LogP contribution in [-0.2, 0) is 21.2 Å². The molecule has 2 aromatic carbocycles. The quantitative estimate of drug-likeness (QED) is 0.837. The van der Waals surface area contributed by atoms with Crippen molar-refractivity contribution in [2.45, 2.75) is 43.2 Å². The SMILES string of the molecule is C[C@@H]1Cc2cc(C(=O)NC[C@H]3CCCO3)ccc2N1S(=O)(=O)c1ccccc1. The van der Waals surface area contributed by atoms with Gasteiger partial charge in [0.1, 0.15) is 0 Å². The predicted octanol–water partition coefficient (Wildman–Crippen LogP) is 2.74. The standard InChI is InChI=1S/C21H24N2O4S/c1-15-12-17-13-16(21(24)22-14-18-6-5-11-27-18)9-10-20(17)23(15)28(25,26)19-7-3-2-4-8-19/h2-4,7-10,13,15,18H,5-6,11-12,14H2,1H3,(H,22,24)/t15-,18-/m1/s1. The molecule has 7 heteroatoms. The Morgan fingerprint density at radius 2 is 2.00 bits per heavy atom. The van der Waals surface area contributed by atoms with Crippen molar-refractivity contribution in [1.29, 1.82) is 0 Å². The molecular formula is C21H24N2O4S. The van der Waals surface area contributed by atoms with Crippen molar-refractivity contribution in [2.24, 2.45) is 0 Å². The largest absolute Gasteiger partial charge is 0.376 e. The van der Waals surface area contributed by atoms with Gasteiger partial charge in [0.05, 0.1) is 16.7 Å². The Balaban J connectivity index is 1.55. The number of benzene rings is 2. The van der Waals surface area contributed by atoms with Crippen molar-refractivity contribution >= 4 is 21.6 Å². The van der Waals surface area contributed by atoms with E-state index < -0.39 is 10.0 Å². The first-order valence-electron chi connectivity index (χ1n) is 9.59. The van der Waals surface area contributed by atoms with E-state index in [0.29, 0.717) is 24.2 Å². The number of amides is 1. The first-order chi connectivity index (χ1) is 13.5. The Morgan fingerprint density at radius 3 is 2.71 bits per heavy atom. The van der Waals surface area contributed by atoms with Crippen molar-refractivity contribution in [3.05, 3.63) is 59.7 Å². The zero-order chi connectivity index (χ0) is 19.7. The molecule has 0 unspecified atom stereocenters. The molecule has 4 rings (SSSR count). The van der Waals surface area contributed by atoms with Crippen molar-refractivity contribution < 1.29 is 17.9 Å². The van der Waals surface area contributed by atoms with E-state index in [9.17, 15) is 13.2 Å². The third-order valence-corrected chi connectivity index (χ3v) is 7.25. The molecule has 0 aromatic heterocycles. The molecule has 6 nitrogen and oxygen atoms in total. The Hall–Kier alpha value is -2.38. The van der Waals surface area contributed by atoms with Crippen LogP contribution in [0.5, 0.6) is 0 Å². The van der Waals surface area contributed by atoms with Gasteiger partial charge in [-0.3, -0.25) is 9.10 Å². The van der Waals surface area contributed by atoms with Crippen LogP contribution in [0.3, 0.4) is 0 Å². The van der Waals surface area contributed by atoms with Gasteiger partial charge < -0.3 is 10.1 Å². The molecule has 1 amide bonds. The van der Waals surface area contributed by atoms with Crippen molar-refractivity contribution in [3.8, 4) is 0 Å². The number of nitrogens with zero attached hydrogens (tertiary/aromatic N) is 1. The molecule has 0 radical (unpaired) electrons. The average molecular weight is 401 g/mol. The highest BCUT2D eigenvalue weighted by molar-refractivity contribution is 7.92. The lowest BCUT2D eigenvalue weighted by Crippen LogP contribution is -2.35. The molecule has 148 valence electrons. The maximum absolute atomic E-state index is 13.1. The molecule has 2 aliphatic rings. The molecule has 0 aliphatic carbocycles. The molecule has 28 heavy (non-hydrogen) atoms. The highest BCUT2D eigenvalue weighted by atomic mass is 32.2. The average Bonchev–Trinajstić information content (AvgIpc) is 3.33.